The van der Waals surface area contributed by atoms with Gasteiger partial charge in [0.1, 0.15) is 0 Å². The molecule has 1 atom stereocenters. The average Bonchev–Trinajstić information content (AvgIpc) is 2.36. The van der Waals surface area contributed by atoms with E-state index in [-0.39, 0.29) is 12.5 Å². The van der Waals surface area contributed by atoms with Crippen molar-refractivity contribution in [3.63, 3.8) is 0 Å². The van der Waals surface area contributed by atoms with Crippen LogP contribution in [0.15, 0.2) is 0 Å². The zero-order valence-electron chi connectivity index (χ0n) is 10.6. The number of hydrogen-bond acceptors (Lipinski definition) is 4. The van der Waals surface area contributed by atoms with Crippen molar-refractivity contribution in [2.75, 3.05) is 25.5 Å². The molecule has 1 heterocycles. The van der Waals surface area contributed by atoms with Gasteiger partial charge in [-0.05, 0) is 30.5 Å². The van der Waals surface area contributed by atoms with Gasteiger partial charge in [-0.2, -0.15) is 13.2 Å². The average molecular weight is 315 g/mol. The summed E-state index contributed by atoms with van der Waals surface area (Å²) in [5, 5.41) is 11.4. The van der Waals surface area contributed by atoms with Crippen molar-refractivity contribution in [3.8, 4) is 0 Å². The molecule has 2 N–H and O–H groups in total. The molecule has 5 nitrogen and oxygen atoms in total. The molecule has 0 bridgehead atoms. The zero-order valence-corrected chi connectivity index (χ0v) is 11.4. The summed E-state index contributed by atoms with van der Waals surface area (Å²) in [6.45, 7) is 0.774. The van der Waals surface area contributed by atoms with E-state index in [4.69, 9.17) is 9.84 Å². The van der Waals surface area contributed by atoms with Gasteiger partial charge in [-0.1, -0.05) is 0 Å². The van der Waals surface area contributed by atoms with E-state index in [9.17, 15) is 22.8 Å². The molecule has 1 saturated heterocycles. The molecule has 0 radical (unpaired) electrons. The molecule has 0 aliphatic carbocycles. The lowest BCUT2D eigenvalue weighted by molar-refractivity contribution is -0.144. The number of carboxylic acid groups (broad SMARTS) is 1. The topological polar surface area (TPSA) is 75.6 Å². The second-order valence-electron chi connectivity index (χ2n) is 4.43. The predicted molar refractivity (Wildman–Crippen MR) is 66.2 cm³/mol. The van der Waals surface area contributed by atoms with Gasteiger partial charge in [0.15, 0.2) is 0 Å². The maximum Gasteiger partial charge on any atom is 0.442 e. The van der Waals surface area contributed by atoms with Gasteiger partial charge >= 0.3 is 11.5 Å². The number of carboxylic acids is 1. The summed E-state index contributed by atoms with van der Waals surface area (Å²) < 4.78 is 40.8. The van der Waals surface area contributed by atoms with Crippen LogP contribution in [0.4, 0.5) is 13.2 Å². The molecule has 1 aliphatic heterocycles. The number of amides is 1. The fraction of sp³-hybridized carbons (Fsp3) is 0.818. The van der Waals surface area contributed by atoms with Crippen LogP contribution in [0.3, 0.4) is 0 Å². The van der Waals surface area contributed by atoms with E-state index < -0.39 is 40.8 Å². The van der Waals surface area contributed by atoms with Crippen molar-refractivity contribution in [1.82, 2.24) is 5.32 Å². The highest BCUT2D eigenvalue weighted by atomic mass is 32.2. The number of rotatable bonds is 6. The van der Waals surface area contributed by atoms with Gasteiger partial charge < -0.3 is 15.2 Å². The molecule has 0 aromatic carbocycles. The molecule has 1 fully saturated rings. The monoisotopic (exact) mass is 315 g/mol. The van der Waals surface area contributed by atoms with E-state index in [2.05, 4.69) is 5.32 Å². The Morgan fingerprint density at radius 3 is 2.45 bits per heavy atom. The SMILES string of the molecule is O=C(CSC(F)(F)F)NCC(C(=O)O)C1CCOCC1. The third-order valence-electron chi connectivity index (χ3n) is 3.04. The van der Waals surface area contributed by atoms with Gasteiger partial charge in [0.05, 0.1) is 11.7 Å². The summed E-state index contributed by atoms with van der Waals surface area (Å²) in [6.07, 6.45) is 1.15. The molecule has 20 heavy (non-hydrogen) atoms. The first-order valence-corrected chi connectivity index (χ1v) is 7.06. The molecule has 1 rings (SSSR count). The van der Waals surface area contributed by atoms with Gasteiger partial charge in [-0.3, -0.25) is 9.59 Å². The first-order valence-electron chi connectivity index (χ1n) is 6.07. The third-order valence-corrected chi connectivity index (χ3v) is 3.77. The molecule has 0 aromatic heterocycles. The van der Waals surface area contributed by atoms with Crippen LogP contribution >= 0.6 is 11.8 Å². The van der Waals surface area contributed by atoms with Crippen LogP contribution in [0, 0.1) is 11.8 Å². The Morgan fingerprint density at radius 2 is 1.95 bits per heavy atom. The highest BCUT2D eigenvalue weighted by Gasteiger charge is 2.31. The number of carbonyl (C=O) groups is 2. The summed E-state index contributed by atoms with van der Waals surface area (Å²) in [7, 11) is 0. The van der Waals surface area contributed by atoms with E-state index in [1.165, 1.54) is 0 Å². The fourth-order valence-corrected chi connectivity index (χ4v) is 2.39. The Bertz CT molecular complexity index is 345. The van der Waals surface area contributed by atoms with Crippen LogP contribution in [0.5, 0.6) is 0 Å². The molecular formula is C11H16F3NO4S. The standard InChI is InChI=1S/C11H16F3NO4S/c12-11(13,14)20-6-9(16)15-5-8(10(17)18)7-1-3-19-4-2-7/h7-8H,1-6H2,(H,15,16)(H,17,18). The molecular weight excluding hydrogens is 299 g/mol. The Labute approximate surface area is 118 Å². The number of hydrogen-bond donors (Lipinski definition) is 2. The molecule has 9 heteroatoms. The molecule has 0 aromatic rings. The Balaban J connectivity index is 2.38. The Kier molecular flexibility index (Phi) is 6.60. The number of aliphatic carboxylic acids is 1. The Morgan fingerprint density at radius 1 is 1.35 bits per heavy atom. The minimum Gasteiger partial charge on any atom is -0.481 e. The second kappa shape index (κ2) is 7.72. The number of halogens is 3. The summed E-state index contributed by atoms with van der Waals surface area (Å²) in [6, 6.07) is 0. The van der Waals surface area contributed by atoms with Crippen molar-refractivity contribution in [3.05, 3.63) is 0 Å². The lowest BCUT2D eigenvalue weighted by atomic mass is 9.86. The second-order valence-corrected chi connectivity index (χ2v) is 5.47. The largest absolute Gasteiger partial charge is 0.481 e. The van der Waals surface area contributed by atoms with E-state index >= 15 is 0 Å². The molecule has 1 unspecified atom stereocenters. The number of nitrogens with one attached hydrogen (secondary N) is 1. The first-order chi connectivity index (χ1) is 9.29. The van der Waals surface area contributed by atoms with Gasteiger partial charge in [-0.25, -0.2) is 0 Å². The van der Waals surface area contributed by atoms with Crippen LogP contribution in [0.2, 0.25) is 0 Å². The molecule has 1 amide bonds. The van der Waals surface area contributed by atoms with Crippen LogP contribution in [-0.4, -0.2) is 48.0 Å². The van der Waals surface area contributed by atoms with Crippen LogP contribution in [0.25, 0.3) is 0 Å². The first kappa shape index (κ1) is 17.1. The van der Waals surface area contributed by atoms with Gasteiger partial charge in [0, 0.05) is 19.8 Å². The van der Waals surface area contributed by atoms with Crippen molar-refractivity contribution in [2.24, 2.45) is 11.8 Å². The minimum atomic E-state index is -4.47. The number of alkyl halides is 3. The number of thioether (sulfide) groups is 1. The van der Waals surface area contributed by atoms with Gasteiger partial charge in [0.25, 0.3) is 0 Å². The summed E-state index contributed by atoms with van der Waals surface area (Å²) in [5.41, 5.74) is -4.47. The lowest BCUT2D eigenvalue weighted by Gasteiger charge is -2.27. The third kappa shape index (κ3) is 6.47. The van der Waals surface area contributed by atoms with Crippen molar-refractivity contribution >= 4 is 23.6 Å². The van der Waals surface area contributed by atoms with E-state index in [0.29, 0.717) is 26.1 Å². The van der Waals surface area contributed by atoms with Crippen molar-refractivity contribution < 1.29 is 32.6 Å². The molecule has 0 saturated carbocycles. The zero-order chi connectivity index (χ0) is 15.2. The van der Waals surface area contributed by atoms with Crippen LogP contribution < -0.4 is 5.32 Å². The van der Waals surface area contributed by atoms with E-state index in [0.717, 1.165) is 0 Å². The van der Waals surface area contributed by atoms with Gasteiger partial charge in [0.2, 0.25) is 5.91 Å². The summed E-state index contributed by atoms with van der Waals surface area (Å²) in [5.74, 6) is -3.55. The normalized spacial score (nSPS) is 18.6. The van der Waals surface area contributed by atoms with E-state index in [1.807, 2.05) is 0 Å². The highest BCUT2D eigenvalue weighted by Crippen LogP contribution is 2.29. The number of carbonyl (C=O) groups excluding carboxylic acids is 1. The maximum absolute atomic E-state index is 11.9. The predicted octanol–water partition coefficient (Wildman–Crippen LogP) is 1.48. The number of ether oxygens (including phenoxy) is 1. The van der Waals surface area contributed by atoms with Crippen LogP contribution in [0.1, 0.15) is 12.8 Å². The quantitative estimate of drug-likeness (QED) is 0.776. The maximum atomic E-state index is 11.9. The van der Waals surface area contributed by atoms with Crippen LogP contribution in [-0.2, 0) is 14.3 Å². The molecule has 1 aliphatic rings. The molecule has 116 valence electrons. The smallest absolute Gasteiger partial charge is 0.442 e. The van der Waals surface area contributed by atoms with Crippen molar-refractivity contribution in [2.45, 2.75) is 18.3 Å². The summed E-state index contributed by atoms with van der Waals surface area (Å²) in [4.78, 5) is 22.4. The minimum absolute atomic E-state index is 0.128. The highest BCUT2D eigenvalue weighted by molar-refractivity contribution is 8.00. The van der Waals surface area contributed by atoms with Gasteiger partial charge in [-0.15, -0.1) is 0 Å². The molecule has 0 spiro atoms. The van der Waals surface area contributed by atoms with E-state index in [1.54, 1.807) is 0 Å². The Hall–Kier alpha value is -0.960. The summed E-state index contributed by atoms with van der Waals surface area (Å²) >= 11 is -0.442. The lowest BCUT2D eigenvalue weighted by Crippen LogP contribution is -2.39. The fourth-order valence-electron chi connectivity index (χ4n) is 2.00. The van der Waals surface area contributed by atoms with Crippen molar-refractivity contribution in [1.29, 1.82) is 0 Å².